The topological polar surface area (TPSA) is 95.5 Å². The van der Waals surface area contributed by atoms with E-state index in [1.807, 2.05) is 6.92 Å². The number of nitrogens with one attached hydrogen (secondary N) is 2. The predicted molar refractivity (Wildman–Crippen MR) is 76.1 cm³/mol. The molecule has 0 saturated carbocycles. The van der Waals surface area contributed by atoms with E-state index in [9.17, 15) is 13.2 Å². The van der Waals surface area contributed by atoms with Crippen LogP contribution in [0.4, 0.5) is 4.79 Å². The van der Waals surface area contributed by atoms with Crippen molar-refractivity contribution in [1.29, 1.82) is 0 Å². The van der Waals surface area contributed by atoms with Crippen LogP contribution in [0.1, 0.15) is 18.9 Å². The van der Waals surface area contributed by atoms with Crippen molar-refractivity contribution in [2.24, 2.45) is 0 Å². The van der Waals surface area contributed by atoms with E-state index < -0.39 is 9.84 Å². The first-order valence-corrected chi connectivity index (χ1v) is 8.20. The van der Waals surface area contributed by atoms with Crippen molar-refractivity contribution >= 4 is 15.9 Å². The van der Waals surface area contributed by atoms with Gasteiger partial charge >= 0.3 is 6.03 Å². The molecule has 1 aromatic rings. The van der Waals surface area contributed by atoms with Gasteiger partial charge in [0, 0.05) is 12.8 Å². The zero-order valence-electron chi connectivity index (χ0n) is 11.6. The fourth-order valence-corrected chi connectivity index (χ4v) is 2.18. The van der Waals surface area contributed by atoms with Crippen LogP contribution >= 0.6 is 0 Å². The molecular formula is C13H20N2O4S. The maximum absolute atomic E-state index is 11.5. The molecule has 0 aliphatic heterocycles. The molecule has 0 fully saturated rings. The zero-order chi connectivity index (χ0) is 15.2. The Balaban J connectivity index is 2.52. The van der Waals surface area contributed by atoms with Crippen molar-refractivity contribution in [2.75, 3.05) is 12.9 Å². The number of carbonyl (C=O) groups is 1. The minimum absolute atomic E-state index is 0.104. The summed E-state index contributed by atoms with van der Waals surface area (Å²) < 4.78 is 22.6. The predicted octanol–water partition coefficient (Wildman–Crippen LogP) is 0.660. The number of hydrogen-bond acceptors (Lipinski definition) is 4. The van der Waals surface area contributed by atoms with Gasteiger partial charge in [-0.3, -0.25) is 0 Å². The van der Waals surface area contributed by atoms with Crippen LogP contribution in [0.5, 0.6) is 0 Å². The highest BCUT2D eigenvalue weighted by Crippen LogP contribution is 2.10. The summed E-state index contributed by atoms with van der Waals surface area (Å²) in [4.78, 5) is 11.8. The Labute approximate surface area is 119 Å². The minimum Gasteiger partial charge on any atom is -0.394 e. The van der Waals surface area contributed by atoms with Crippen molar-refractivity contribution in [3.63, 3.8) is 0 Å². The second-order valence-electron chi connectivity index (χ2n) is 4.53. The molecule has 0 heterocycles. The van der Waals surface area contributed by atoms with Gasteiger partial charge in [-0.2, -0.15) is 0 Å². The van der Waals surface area contributed by atoms with Crippen LogP contribution in [-0.2, 0) is 16.4 Å². The molecule has 0 aliphatic carbocycles. The zero-order valence-corrected chi connectivity index (χ0v) is 12.4. The molecule has 6 nitrogen and oxygen atoms in total. The number of carbonyl (C=O) groups excluding carboxylic acids is 1. The molecule has 3 N–H and O–H groups in total. The van der Waals surface area contributed by atoms with Crippen molar-refractivity contribution in [3.05, 3.63) is 29.8 Å². The van der Waals surface area contributed by atoms with Crippen LogP contribution in [0, 0.1) is 0 Å². The summed E-state index contributed by atoms with van der Waals surface area (Å²) in [6.45, 7) is 2.05. The van der Waals surface area contributed by atoms with Crippen molar-refractivity contribution in [1.82, 2.24) is 10.6 Å². The summed E-state index contributed by atoms with van der Waals surface area (Å²) in [6.07, 6.45) is 1.79. The largest absolute Gasteiger partial charge is 0.394 e. The van der Waals surface area contributed by atoms with E-state index in [4.69, 9.17) is 5.11 Å². The molecule has 1 aromatic carbocycles. The molecular weight excluding hydrogens is 280 g/mol. The van der Waals surface area contributed by atoms with Gasteiger partial charge in [-0.1, -0.05) is 19.1 Å². The summed E-state index contributed by atoms with van der Waals surface area (Å²) in [6, 6.07) is 5.69. The van der Waals surface area contributed by atoms with Crippen LogP contribution < -0.4 is 10.6 Å². The standard InChI is InChI=1S/C13H20N2O4S/c1-3-11(9-16)15-13(17)14-8-10-4-6-12(7-5-10)20(2,18)19/h4-7,11,16H,3,8-9H2,1-2H3,(H2,14,15,17)/t11-/m1/s1. The first-order chi connectivity index (χ1) is 9.36. The van der Waals surface area contributed by atoms with E-state index in [0.29, 0.717) is 6.42 Å². The van der Waals surface area contributed by atoms with Crippen LogP contribution in [0.2, 0.25) is 0 Å². The highest BCUT2D eigenvalue weighted by atomic mass is 32.2. The first kappa shape index (κ1) is 16.5. The lowest BCUT2D eigenvalue weighted by Gasteiger charge is -2.14. The molecule has 1 rings (SSSR count). The molecule has 20 heavy (non-hydrogen) atoms. The molecule has 112 valence electrons. The van der Waals surface area contributed by atoms with Crippen LogP contribution in [0.25, 0.3) is 0 Å². The number of benzene rings is 1. The number of aliphatic hydroxyl groups excluding tert-OH is 1. The van der Waals surface area contributed by atoms with Gasteiger partial charge in [0.2, 0.25) is 0 Å². The van der Waals surface area contributed by atoms with Gasteiger partial charge < -0.3 is 15.7 Å². The lowest BCUT2D eigenvalue weighted by atomic mass is 10.2. The number of rotatable bonds is 6. The first-order valence-electron chi connectivity index (χ1n) is 6.31. The molecule has 0 spiro atoms. The Hall–Kier alpha value is -1.60. The average molecular weight is 300 g/mol. The molecule has 0 aromatic heterocycles. The van der Waals surface area contributed by atoms with Gasteiger partial charge in [-0.05, 0) is 24.1 Å². The van der Waals surface area contributed by atoms with E-state index >= 15 is 0 Å². The third kappa shape index (κ3) is 5.18. The highest BCUT2D eigenvalue weighted by molar-refractivity contribution is 7.90. The molecule has 0 unspecified atom stereocenters. The fraction of sp³-hybridized carbons (Fsp3) is 0.462. The monoisotopic (exact) mass is 300 g/mol. The average Bonchev–Trinajstić information content (AvgIpc) is 2.42. The maximum Gasteiger partial charge on any atom is 0.315 e. The molecule has 7 heteroatoms. The van der Waals surface area contributed by atoms with Gasteiger partial charge in [-0.25, -0.2) is 13.2 Å². The van der Waals surface area contributed by atoms with Crippen LogP contribution in [0.15, 0.2) is 29.2 Å². The second-order valence-corrected chi connectivity index (χ2v) is 6.55. The quantitative estimate of drug-likeness (QED) is 0.719. The number of sulfone groups is 1. The number of aliphatic hydroxyl groups is 1. The summed E-state index contributed by atoms with van der Waals surface area (Å²) in [5.74, 6) is 0. The summed E-state index contributed by atoms with van der Waals surface area (Å²) in [7, 11) is -3.20. The van der Waals surface area contributed by atoms with Gasteiger partial charge in [-0.15, -0.1) is 0 Å². The number of hydrogen-bond donors (Lipinski definition) is 3. The Kier molecular flexibility index (Phi) is 5.97. The summed E-state index contributed by atoms with van der Waals surface area (Å²) in [5.41, 5.74) is 0.796. The smallest absolute Gasteiger partial charge is 0.315 e. The SMILES string of the molecule is CC[C@H](CO)NC(=O)NCc1ccc(S(C)(=O)=O)cc1. The lowest BCUT2D eigenvalue weighted by Crippen LogP contribution is -2.43. The Morgan fingerprint density at radius 3 is 2.35 bits per heavy atom. The van der Waals surface area contributed by atoms with Crippen molar-refractivity contribution in [3.8, 4) is 0 Å². The van der Waals surface area contributed by atoms with Gasteiger partial charge in [0.1, 0.15) is 0 Å². The van der Waals surface area contributed by atoms with E-state index in [1.165, 1.54) is 12.1 Å². The molecule has 0 aliphatic rings. The van der Waals surface area contributed by atoms with Crippen molar-refractivity contribution in [2.45, 2.75) is 30.8 Å². The van der Waals surface area contributed by atoms with E-state index in [0.717, 1.165) is 11.8 Å². The van der Waals surface area contributed by atoms with Gasteiger partial charge in [0.25, 0.3) is 0 Å². The fourth-order valence-electron chi connectivity index (χ4n) is 1.55. The van der Waals surface area contributed by atoms with Crippen LogP contribution in [0.3, 0.4) is 0 Å². The second kappa shape index (κ2) is 7.25. The third-order valence-corrected chi connectivity index (χ3v) is 3.98. The van der Waals surface area contributed by atoms with Gasteiger partial charge in [0.05, 0.1) is 17.5 Å². The summed E-state index contributed by atoms with van der Waals surface area (Å²) >= 11 is 0. The number of urea groups is 1. The number of amides is 2. The summed E-state index contributed by atoms with van der Waals surface area (Å²) in [5, 5.41) is 14.2. The van der Waals surface area contributed by atoms with E-state index in [1.54, 1.807) is 12.1 Å². The minimum atomic E-state index is -3.20. The lowest BCUT2D eigenvalue weighted by molar-refractivity contribution is 0.214. The van der Waals surface area contributed by atoms with Gasteiger partial charge in [0.15, 0.2) is 9.84 Å². The Morgan fingerprint density at radius 1 is 1.30 bits per heavy atom. The highest BCUT2D eigenvalue weighted by Gasteiger charge is 2.09. The molecule has 0 bridgehead atoms. The molecule has 0 radical (unpaired) electrons. The third-order valence-electron chi connectivity index (χ3n) is 2.85. The Morgan fingerprint density at radius 2 is 1.90 bits per heavy atom. The van der Waals surface area contributed by atoms with Crippen LogP contribution in [-0.4, -0.2) is 38.5 Å². The van der Waals surface area contributed by atoms with E-state index in [2.05, 4.69) is 10.6 Å². The molecule has 1 atom stereocenters. The maximum atomic E-state index is 11.5. The van der Waals surface area contributed by atoms with Crippen molar-refractivity contribution < 1.29 is 18.3 Å². The Bertz CT molecular complexity index is 536. The molecule has 0 saturated heterocycles. The molecule has 2 amide bonds. The van der Waals surface area contributed by atoms with E-state index in [-0.39, 0.29) is 30.1 Å². The normalized spacial score (nSPS) is 12.8.